The van der Waals surface area contributed by atoms with E-state index in [0.29, 0.717) is 49.3 Å². The normalized spacial score (nSPS) is 15.2. The highest BCUT2D eigenvalue weighted by Gasteiger charge is 2.28. The SMILES string of the molecule is Cc1nc(C#N)c(N2CCC(C(=O)Nc3nc4ccccc4[nH]3)CC2)o1. The van der Waals surface area contributed by atoms with Crippen molar-refractivity contribution in [2.24, 2.45) is 5.92 Å². The minimum atomic E-state index is -0.103. The van der Waals surface area contributed by atoms with E-state index in [1.807, 2.05) is 29.2 Å². The fraction of sp³-hybridized carbons (Fsp3) is 0.333. The average Bonchev–Trinajstić information content (AvgIpc) is 3.24. The Bertz CT molecular complexity index is 958. The predicted molar refractivity (Wildman–Crippen MR) is 95.6 cm³/mol. The highest BCUT2D eigenvalue weighted by atomic mass is 16.4. The molecule has 8 nitrogen and oxygen atoms in total. The molecule has 0 bridgehead atoms. The van der Waals surface area contributed by atoms with Gasteiger partial charge < -0.3 is 14.3 Å². The summed E-state index contributed by atoms with van der Waals surface area (Å²) in [5.41, 5.74) is 2.01. The molecule has 0 saturated carbocycles. The minimum absolute atomic E-state index is 0.0436. The van der Waals surface area contributed by atoms with Gasteiger partial charge in [0.1, 0.15) is 6.07 Å². The van der Waals surface area contributed by atoms with Crippen molar-refractivity contribution in [1.29, 1.82) is 5.26 Å². The van der Waals surface area contributed by atoms with Crippen LogP contribution in [0.3, 0.4) is 0 Å². The van der Waals surface area contributed by atoms with Crippen LogP contribution in [-0.4, -0.2) is 33.9 Å². The number of amides is 1. The number of hydrogen-bond acceptors (Lipinski definition) is 6. The number of nitrogens with zero attached hydrogens (tertiary/aromatic N) is 4. The molecule has 0 unspecified atom stereocenters. The molecule has 1 aliphatic heterocycles. The Labute approximate surface area is 149 Å². The van der Waals surface area contributed by atoms with E-state index in [1.54, 1.807) is 6.92 Å². The number of nitriles is 1. The molecule has 0 spiro atoms. The molecular weight excluding hydrogens is 332 g/mol. The van der Waals surface area contributed by atoms with Crippen molar-refractivity contribution in [1.82, 2.24) is 15.0 Å². The summed E-state index contributed by atoms with van der Waals surface area (Å²) in [6.07, 6.45) is 1.35. The molecule has 26 heavy (non-hydrogen) atoms. The summed E-state index contributed by atoms with van der Waals surface area (Å²) in [6, 6.07) is 9.70. The summed E-state index contributed by atoms with van der Waals surface area (Å²) in [6.45, 7) is 3.00. The summed E-state index contributed by atoms with van der Waals surface area (Å²) in [5, 5.41) is 12.0. The Kier molecular flexibility index (Phi) is 4.05. The predicted octanol–water partition coefficient (Wildman–Crippen LogP) is 2.59. The number of H-pyrrole nitrogens is 1. The van der Waals surface area contributed by atoms with Crippen LogP contribution in [0.5, 0.6) is 0 Å². The van der Waals surface area contributed by atoms with E-state index < -0.39 is 0 Å². The number of rotatable bonds is 3. The van der Waals surface area contributed by atoms with Gasteiger partial charge >= 0.3 is 0 Å². The van der Waals surface area contributed by atoms with Crippen LogP contribution in [0, 0.1) is 24.2 Å². The number of carbonyl (C=O) groups excluding carboxylic acids is 1. The van der Waals surface area contributed by atoms with E-state index in [9.17, 15) is 4.79 Å². The quantitative estimate of drug-likeness (QED) is 0.751. The molecule has 1 aliphatic rings. The van der Waals surface area contributed by atoms with Gasteiger partial charge in [0.05, 0.1) is 11.0 Å². The van der Waals surface area contributed by atoms with E-state index in [1.165, 1.54) is 0 Å². The summed E-state index contributed by atoms with van der Waals surface area (Å²) in [5.74, 6) is 1.30. The number of carbonyl (C=O) groups is 1. The van der Waals surface area contributed by atoms with Crippen LogP contribution in [0.2, 0.25) is 0 Å². The number of aromatic nitrogens is 3. The second-order valence-electron chi connectivity index (χ2n) is 6.35. The van der Waals surface area contributed by atoms with Crippen molar-refractivity contribution < 1.29 is 9.21 Å². The van der Waals surface area contributed by atoms with E-state index in [0.717, 1.165) is 11.0 Å². The number of imidazole rings is 1. The molecule has 3 heterocycles. The maximum atomic E-state index is 12.5. The van der Waals surface area contributed by atoms with Gasteiger partial charge in [-0.15, -0.1) is 0 Å². The molecule has 0 atom stereocenters. The Balaban J connectivity index is 1.39. The fourth-order valence-electron chi connectivity index (χ4n) is 3.28. The molecule has 0 aliphatic carbocycles. The number of para-hydroxylation sites is 2. The van der Waals surface area contributed by atoms with Crippen LogP contribution in [-0.2, 0) is 4.79 Å². The van der Waals surface area contributed by atoms with Crippen LogP contribution in [0.15, 0.2) is 28.7 Å². The second-order valence-corrected chi connectivity index (χ2v) is 6.35. The summed E-state index contributed by atoms with van der Waals surface area (Å²) in [4.78, 5) is 26.1. The number of fused-ring (bicyclic) bond motifs is 1. The maximum absolute atomic E-state index is 12.5. The standard InChI is InChI=1S/C18H18N6O2/c1-11-20-15(10-19)17(26-11)24-8-6-12(7-9-24)16(25)23-18-21-13-4-2-3-5-14(13)22-18/h2-5,12H,6-9H2,1H3,(H2,21,22,23,25). The topological polar surface area (TPSA) is 111 Å². The molecule has 1 amide bonds. The smallest absolute Gasteiger partial charge is 0.234 e. The van der Waals surface area contributed by atoms with Crippen molar-refractivity contribution in [3.63, 3.8) is 0 Å². The Morgan fingerprint density at radius 3 is 2.85 bits per heavy atom. The Morgan fingerprint density at radius 2 is 2.12 bits per heavy atom. The molecule has 0 radical (unpaired) electrons. The lowest BCUT2D eigenvalue weighted by atomic mass is 9.96. The monoisotopic (exact) mass is 350 g/mol. The number of aromatic amines is 1. The second kappa shape index (κ2) is 6.52. The molecule has 2 aromatic heterocycles. The number of aryl methyl sites for hydroxylation is 1. The van der Waals surface area contributed by atoms with Gasteiger partial charge in [0.25, 0.3) is 0 Å². The van der Waals surface area contributed by atoms with Gasteiger partial charge in [0.15, 0.2) is 5.89 Å². The van der Waals surface area contributed by atoms with Crippen LogP contribution in [0.25, 0.3) is 11.0 Å². The number of piperidine rings is 1. The Hall–Kier alpha value is -3.34. The van der Waals surface area contributed by atoms with Crippen molar-refractivity contribution in [3.05, 3.63) is 35.9 Å². The zero-order chi connectivity index (χ0) is 18.1. The number of hydrogen-bond donors (Lipinski definition) is 2. The van der Waals surface area contributed by atoms with Crippen molar-refractivity contribution >= 4 is 28.8 Å². The summed E-state index contributed by atoms with van der Waals surface area (Å²) >= 11 is 0. The number of anilines is 2. The lowest BCUT2D eigenvalue weighted by Gasteiger charge is -2.30. The maximum Gasteiger partial charge on any atom is 0.234 e. The molecule has 3 aromatic rings. The zero-order valence-electron chi connectivity index (χ0n) is 14.3. The first-order valence-corrected chi connectivity index (χ1v) is 8.52. The molecule has 1 aromatic carbocycles. The molecule has 1 saturated heterocycles. The van der Waals surface area contributed by atoms with Crippen LogP contribution in [0.4, 0.5) is 11.8 Å². The van der Waals surface area contributed by atoms with Crippen molar-refractivity contribution in [2.75, 3.05) is 23.3 Å². The third-order valence-corrected chi connectivity index (χ3v) is 4.61. The van der Waals surface area contributed by atoms with Crippen molar-refractivity contribution in [2.45, 2.75) is 19.8 Å². The lowest BCUT2D eigenvalue weighted by Crippen LogP contribution is -2.38. The minimum Gasteiger partial charge on any atom is -0.424 e. The number of benzene rings is 1. The first kappa shape index (κ1) is 16.1. The van der Waals surface area contributed by atoms with Gasteiger partial charge in [0.2, 0.25) is 23.4 Å². The average molecular weight is 350 g/mol. The number of nitrogens with one attached hydrogen (secondary N) is 2. The molecule has 132 valence electrons. The first-order valence-electron chi connectivity index (χ1n) is 8.52. The molecular formula is C18H18N6O2. The van der Waals surface area contributed by atoms with Gasteiger partial charge in [-0.3, -0.25) is 10.1 Å². The molecule has 1 fully saturated rings. The van der Waals surface area contributed by atoms with Crippen LogP contribution < -0.4 is 10.2 Å². The highest BCUT2D eigenvalue weighted by Crippen LogP contribution is 2.27. The highest BCUT2D eigenvalue weighted by molar-refractivity contribution is 5.92. The van der Waals surface area contributed by atoms with Crippen LogP contribution in [0.1, 0.15) is 24.4 Å². The van der Waals surface area contributed by atoms with E-state index in [4.69, 9.17) is 9.68 Å². The van der Waals surface area contributed by atoms with Gasteiger partial charge in [-0.05, 0) is 25.0 Å². The fourth-order valence-corrected chi connectivity index (χ4v) is 3.28. The van der Waals surface area contributed by atoms with Gasteiger partial charge in [0, 0.05) is 25.9 Å². The Morgan fingerprint density at radius 1 is 1.35 bits per heavy atom. The molecule has 8 heteroatoms. The molecule has 2 N–H and O–H groups in total. The van der Waals surface area contributed by atoms with E-state index >= 15 is 0 Å². The third kappa shape index (κ3) is 2.99. The van der Waals surface area contributed by atoms with Gasteiger partial charge in [-0.1, -0.05) is 12.1 Å². The summed E-state index contributed by atoms with van der Waals surface area (Å²) < 4.78 is 5.55. The molecule has 4 rings (SSSR count). The largest absolute Gasteiger partial charge is 0.424 e. The lowest BCUT2D eigenvalue weighted by molar-refractivity contribution is -0.120. The summed E-state index contributed by atoms with van der Waals surface area (Å²) in [7, 11) is 0. The van der Waals surface area contributed by atoms with Crippen molar-refractivity contribution in [3.8, 4) is 6.07 Å². The number of oxazole rings is 1. The van der Waals surface area contributed by atoms with Gasteiger partial charge in [-0.2, -0.15) is 5.26 Å². The first-order chi connectivity index (χ1) is 12.6. The van der Waals surface area contributed by atoms with E-state index in [-0.39, 0.29) is 11.8 Å². The van der Waals surface area contributed by atoms with E-state index in [2.05, 4.69) is 26.3 Å². The van der Waals surface area contributed by atoms with Crippen LogP contribution >= 0.6 is 0 Å². The zero-order valence-corrected chi connectivity index (χ0v) is 14.3. The third-order valence-electron chi connectivity index (χ3n) is 4.61. The van der Waals surface area contributed by atoms with Gasteiger partial charge in [-0.25, -0.2) is 9.97 Å².